The molecule has 10 heteroatoms. The highest BCUT2D eigenvalue weighted by Crippen LogP contribution is 2.29. The van der Waals surface area contributed by atoms with Crippen molar-refractivity contribution in [3.05, 3.63) is 108 Å². The van der Waals surface area contributed by atoms with E-state index in [4.69, 9.17) is 0 Å². The molecule has 1 aromatic heterocycles. The third kappa shape index (κ3) is 6.93. The van der Waals surface area contributed by atoms with Crippen molar-refractivity contribution in [1.29, 1.82) is 0 Å². The Bertz CT molecular complexity index is 1680. The van der Waals surface area contributed by atoms with Gasteiger partial charge in [0.2, 0.25) is 21.8 Å². The van der Waals surface area contributed by atoms with E-state index in [1.54, 1.807) is 23.2 Å². The Morgan fingerprint density at radius 2 is 1.47 bits per heavy atom. The Labute approximate surface area is 264 Å². The summed E-state index contributed by atoms with van der Waals surface area (Å²) >= 11 is 0. The number of carbonyl (C=O) groups excluding carboxylic acids is 2. The molecule has 2 fully saturated rings. The van der Waals surface area contributed by atoms with E-state index in [1.165, 1.54) is 16.8 Å². The van der Waals surface area contributed by atoms with Crippen LogP contribution in [-0.4, -0.2) is 84.6 Å². The number of nitrogens with zero attached hydrogens (tertiary/aromatic N) is 4. The second-order valence-electron chi connectivity index (χ2n) is 11.7. The molecule has 1 N–H and O–H groups in total. The molecule has 0 aliphatic carbocycles. The topological polar surface area (TPSA) is 103 Å². The number of benzene rings is 3. The summed E-state index contributed by atoms with van der Waals surface area (Å²) in [6.45, 7) is 2.83. The summed E-state index contributed by atoms with van der Waals surface area (Å²) in [4.78, 5) is 36.2. The Morgan fingerprint density at radius 1 is 0.800 bits per heavy atom. The molecule has 0 radical (unpaired) electrons. The number of likely N-dealkylation sites (tertiary alicyclic amines) is 1. The van der Waals surface area contributed by atoms with E-state index in [9.17, 15) is 18.0 Å². The molecular formula is C35H39N5O4S. The van der Waals surface area contributed by atoms with Gasteiger partial charge in [0, 0.05) is 44.2 Å². The van der Waals surface area contributed by atoms with Gasteiger partial charge in [-0.1, -0.05) is 85.3 Å². The molecular weight excluding hydrogens is 586 g/mol. The Balaban J connectivity index is 1.31. The number of aromatic nitrogens is 1. The van der Waals surface area contributed by atoms with Crippen molar-refractivity contribution in [1.82, 2.24) is 24.4 Å². The van der Waals surface area contributed by atoms with Crippen LogP contribution in [0, 0.1) is 0 Å². The van der Waals surface area contributed by atoms with Crippen LogP contribution in [0.25, 0.3) is 10.9 Å². The molecule has 3 aromatic carbocycles. The fourth-order valence-corrected chi connectivity index (χ4v) is 8.13. The number of rotatable bonds is 9. The third-order valence-electron chi connectivity index (χ3n) is 8.81. The van der Waals surface area contributed by atoms with Gasteiger partial charge in [0.05, 0.1) is 11.6 Å². The van der Waals surface area contributed by atoms with Gasteiger partial charge in [-0.3, -0.25) is 14.6 Å². The predicted molar refractivity (Wildman–Crippen MR) is 174 cm³/mol. The summed E-state index contributed by atoms with van der Waals surface area (Å²) in [5.74, 6) is -0.525. The fourth-order valence-electron chi connectivity index (χ4n) is 6.39. The van der Waals surface area contributed by atoms with Gasteiger partial charge in [0.25, 0.3) is 0 Å². The van der Waals surface area contributed by atoms with Crippen LogP contribution in [-0.2, 0) is 19.6 Å². The van der Waals surface area contributed by atoms with Crippen molar-refractivity contribution < 1.29 is 18.0 Å². The van der Waals surface area contributed by atoms with Gasteiger partial charge in [-0.25, -0.2) is 8.42 Å². The molecule has 2 aliphatic heterocycles. The number of piperidine rings is 1. The zero-order valence-electron chi connectivity index (χ0n) is 25.3. The molecule has 1 unspecified atom stereocenters. The second kappa shape index (κ2) is 13.9. The lowest BCUT2D eigenvalue weighted by Gasteiger charge is -2.40. The van der Waals surface area contributed by atoms with E-state index in [0.29, 0.717) is 23.9 Å². The van der Waals surface area contributed by atoms with E-state index in [-0.39, 0.29) is 30.4 Å². The zero-order valence-corrected chi connectivity index (χ0v) is 26.1. The summed E-state index contributed by atoms with van der Waals surface area (Å²) in [6, 6.07) is 26.2. The van der Waals surface area contributed by atoms with Crippen LogP contribution in [0.2, 0.25) is 0 Å². The van der Waals surface area contributed by atoms with Crippen molar-refractivity contribution in [3.8, 4) is 0 Å². The van der Waals surface area contributed by atoms with Crippen molar-refractivity contribution in [3.63, 3.8) is 0 Å². The number of pyridine rings is 1. The van der Waals surface area contributed by atoms with E-state index in [2.05, 4.69) is 15.2 Å². The number of carbonyl (C=O) groups is 2. The minimum absolute atomic E-state index is 0.000433. The normalized spacial score (nSPS) is 18.2. The van der Waals surface area contributed by atoms with Crippen molar-refractivity contribution in [2.75, 3.05) is 39.3 Å². The summed E-state index contributed by atoms with van der Waals surface area (Å²) in [7, 11) is -4.16. The number of hydrogen-bond donors (Lipinski definition) is 1. The maximum atomic E-state index is 14.3. The Morgan fingerprint density at radius 3 is 2.16 bits per heavy atom. The molecule has 0 bridgehead atoms. The first kappa shape index (κ1) is 30.9. The Hall–Kier alpha value is -4.12. The van der Waals surface area contributed by atoms with Crippen molar-refractivity contribution in [2.45, 2.75) is 42.7 Å². The lowest BCUT2D eigenvalue weighted by Crippen LogP contribution is -2.61. The molecule has 2 saturated heterocycles. The highest BCUT2D eigenvalue weighted by molar-refractivity contribution is 7.89. The predicted octanol–water partition coefficient (Wildman–Crippen LogP) is 4.22. The highest BCUT2D eigenvalue weighted by Gasteiger charge is 2.42. The van der Waals surface area contributed by atoms with Crippen LogP contribution < -0.4 is 5.32 Å². The average molecular weight is 626 g/mol. The number of para-hydroxylation sites is 1. The number of hydrogen-bond acceptors (Lipinski definition) is 6. The number of sulfonamides is 1. The first-order valence-corrected chi connectivity index (χ1v) is 17.1. The quantitative estimate of drug-likeness (QED) is 0.299. The van der Waals surface area contributed by atoms with Crippen LogP contribution in [0.3, 0.4) is 0 Å². The summed E-state index contributed by atoms with van der Waals surface area (Å²) in [6.07, 6.45) is 5.40. The monoisotopic (exact) mass is 625 g/mol. The van der Waals surface area contributed by atoms with Gasteiger partial charge < -0.3 is 15.1 Å². The fraction of sp³-hybridized carbons (Fsp3) is 0.343. The van der Waals surface area contributed by atoms with E-state index < -0.39 is 28.0 Å². The minimum atomic E-state index is -4.16. The SMILES string of the molecule is O=C(NC(c1ccccc1)c1ccccc1)C1CN(C(=O)CCN2CCCCC2)CCN1S(=O)(=O)c1cccc2cccnc12. The summed E-state index contributed by atoms with van der Waals surface area (Å²) < 4.78 is 29.9. The molecule has 0 spiro atoms. The number of piperazine rings is 1. The molecule has 234 valence electrons. The molecule has 6 rings (SSSR count). The molecule has 4 aromatic rings. The average Bonchev–Trinajstić information content (AvgIpc) is 3.10. The lowest BCUT2D eigenvalue weighted by atomic mass is 9.98. The van der Waals surface area contributed by atoms with Crippen LogP contribution in [0.5, 0.6) is 0 Å². The molecule has 2 amide bonds. The summed E-state index contributed by atoms with van der Waals surface area (Å²) in [5, 5.41) is 3.84. The van der Waals surface area contributed by atoms with Gasteiger partial charge in [-0.05, 0) is 49.2 Å². The number of fused-ring (bicyclic) bond motifs is 1. The van der Waals surface area contributed by atoms with E-state index >= 15 is 0 Å². The third-order valence-corrected chi connectivity index (χ3v) is 10.8. The van der Waals surface area contributed by atoms with Crippen molar-refractivity contribution in [2.24, 2.45) is 0 Å². The number of nitrogens with one attached hydrogen (secondary N) is 1. The van der Waals surface area contributed by atoms with E-state index in [0.717, 1.165) is 37.1 Å². The van der Waals surface area contributed by atoms with E-state index in [1.807, 2.05) is 72.8 Å². The largest absolute Gasteiger partial charge is 0.344 e. The minimum Gasteiger partial charge on any atom is -0.344 e. The Kier molecular flexibility index (Phi) is 9.53. The van der Waals surface area contributed by atoms with Crippen LogP contribution in [0.15, 0.2) is 102 Å². The van der Waals surface area contributed by atoms with Gasteiger partial charge in [-0.15, -0.1) is 0 Å². The second-order valence-corrected chi connectivity index (χ2v) is 13.6. The lowest BCUT2D eigenvalue weighted by molar-refractivity contribution is -0.136. The smallest absolute Gasteiger partial charge is 0.246 e. The highest BCUT2D eigenvalue weighted by atomic mass is 32.2. The molecule has 45 heavy (non-hydrogen) atoms. The van der Waals surface area contributed by atoms with Gasteiger partial charge in [0.1, 0.15) is 10.9 Å². The maximum Gasteiger partial charge on any atom is 0.246 e. The van der Waals surface area contributed by atoms with Gasteiger partial charge >= 0.3 is 0 Å². The van der Waals surface area contributed by atoms with Crippen LogP contribution >= 0.6 is 0 Å². The van der Waals surface area contributed by atoms with Crippen molar-refractivity contribution >= 4 is 32.7 Å². The first-order chi connectivity index (χ1) is 21.9. The zero-order chi connectivity index (χ0) is 31.2. The standard InChI is InChI=1S/C35H39N5O4S/c41-32(19-23-38-21-8-3-9-22-38)39-24-25-40(45(43,44)31-18-10-16-29-17-11-20-36-34(29)31)30(26-39)35(42)37-33(27-12-4-1-5-13-27)28-14-6-2-7-15-28/h1-2,4-7,10-18,20,30,33H,3,8-9,19,21-26H2,(H,37,42). The van der Waals surface area contributed by atoms with Gasteiger partial charge in [0.15, 0.2) is 0 Å². The molecule has 2 aliphatic rings. The van der Waals surface area contributed by atoms with Gasteiger partial charge in [-0.2, -0.15) is 4.31 Å². The molecule has 3 heterocycles. The maximum absolute atomic E-state index is 14.3. The first-order valence-electron chi connectivity index (χ1n) is 15.7. The molecule has 1 atom stereocenters. The molecule has 9 nitrogen and oxygen atoms in total. The summed E-state index contributed by atoms with van der Waals surface area (Å²) in [5.41, 5.74) is 2.09. The molecule has 0 saturated carbocycles. The van der Waals surface area contributed by atoms with Crippen LogP contribution in [0.1, 0.15) is 42.9 Å². The van der Waals surface area contributed by atoms with Crippen LogP contribution in [0.4, 0.5) is 0 Å². The number of amides is 2.